The number of thiophene rings is 1. The highest BCUT2D eigenvalue weighted by Gasteiger charge is 2.13. The van der Waals surface area contributed by atoms with Crippen molar-refractivity contribution >= 4 is 27.3 Å². The smallest absolute Gasteiger partial charge is 0.0933 e. The van der Waals surface area contributed by atoms with Crippen molar-refractivity contribution in [2.45, 2.75) is 19.6 Å². The topological polar surface area (TPSA) is 30.5 Å². The van der Waals surface area contributed by atoms with E-state index in [2.05, 4.69) is 34.2 Å². The number of halogens is 1. The van der Waals surface area contributed by atoms with Crippen LogP contribution in [0.5, 0.6) is 0 Å². The van der Waals surface area contributed by atoms with E-state index < -0.39 is 0 Å². The largest absolute Gasteiger partial charge is 0.376 e. The van der Waals surface area contributed by atoms with Crippen LogP contribution in [0.15, 0.2) is 10.5 Å². The Kier molecular flexibility index (Phi) is 4.79. The van der Waals surface area contributed by atoms with E-state index in [0.29, 0.717) is 6.61 Å². The first-order valence-electron chi connectivity index (χ1n) is 5.40. The number of ether oxygens (including phenoxy) is 2. The maximum absolute atomic E-state index is 5.55. The summed E-state index contributed by atoms with van der Waals surface area (Å²) < 4.78 is 12.1. The van der Waals surface area contributed by atoms with Gasteiger partial charge in [-0.3, -0.25) is 0 Å². The van der Waals surface area contributed by atoms with Gasteiger partial charge >= 0.3 is 0 Å². The Hall–Kier alpha value is 0.0600. The maximum Gasteiger partial charge on any atom is 0.0933 e. The zero-order valence-electron chi connectivity index (χ0n) is 9.29. The number of rotatable bonds is 4. The standard InChI is InChI=1S/C11H16BrNO2S/c1-8-11(12)4-10(16-8)6-13-5-9-7-14-2-3-15-9/h4,9,13H,2-3,5-7H2,1H3. The highest BCUT2D eigenvalue weighted by atomic mass is 79.9. The molecule has 1 unspecified atom stereocenters. The van der Waals surface area contributed by atoms with Crippen molar-refractivity contribution in [2.24, 2.45) is 0 Å². The highest BCUT2D eigenvalue weighted by Crippen LogP contribution is 2.26. The molecule has 0 saturated carbocycles. The van der Waals surface area contributed by atoms with E-state index in [9.17, 15) is 0 Å². The predicted octanol–water partition coefficient (Wildman–Crippen LogP) is 2.32. The molecule has 0 aliphatic carbocycles. The Bertz CT molecular complexity index is 317. The maximum atomic E-state index is 5.55. The van der Waals surface area contributed by atoms with Crippen LogP contribution < -0.4 is 5.32 Å². The minimum absolute atomic E-state index is 0.207. The fraction of sp³-hybridized carbons (Fsp3) is 0.636. The summed E-state index contributed by atoms with van der Waals surface area (Å²) in [7, 11) is 0. The minimum Gasteiger partial charge on any atom is -0.376 e. The quantitative estimate of drug-likeness (QED) is 0.926. The second kappa shape index (κ2) is 6.12. The lowest BCUT2D eigenvalue weighted by molar-refractivity contribution is -0.0864. The molecule has 5 heteroatoms. The van der Waals surface area contributed by atoms with Crippen LogP contribution in [-0.4, -0.2) is 32.5 Å². The number of aryl methyl sites for hydroxylation is 1. The Balaban J connectivity index is 1.71. The molecule has 0 amide bonds. The van der Waals surface area contributed by atoms with Crippen LogP contribution in [0.3, 0.4) is 0 Å². The van der Waals surface area contributed by atoms with E-state index in [4.69, 9.17) is 9.47 Å². The van der Waals surface area contributed by atoms with Gasteiger partial charge in [-0.2, -0.15) is 0 Å². The number of nitrogens with one attached hydrogen (secondary N) is 1. The SMILES string of the molecule is Cc1sc(CNCC2COCCO2)cc1Br. The van der Waals surface area contributed by atoms with Gasteiger partial charge in [-0.15, -0.1) is 11.3 Å². The zero-order chi connectivity index (χ0) is 11.4. The summed E-state index contributed by atoms with van der Waals surface area (Å²) >= 11 is 5.34. The van der Waals surface area contributed by atoms with Gasteiger partial charge in [0.05, 0.1) is 25.9 Å². The van der Waals surface area contributed by atoms with E-state index in [1.165, 1.54) is 14.2 Å². The third-order valence-corrected chi connectivity index (χ3v) is 4.60. The molecule has 1 N–H and O–H groups in total. The monoisotopic (exact) mass is 305 g/mol. The molecule has 2 rings (SSSR count). The summed E-state index contributed by atoms with van der Waals surface area (Å²) in [4.78, 5) is 2.68. The molecule has 90 valence electrons. The Morgan fingerprint density at radius 2 is 2.44 bits per heavy atom. The number of hydrogen-bond donors (Lipinski definition) is 1. The summed E-state index contributed by atoms with van der Waals surface area (Å²) in [5.74, 6) is 0. The average Bonchev–Trinajstić information content (AvgIpc) is 2.60. The zero-order valence-corrected chi connectivity index (χ0v) is 11.7. The molecular formula is C11H16BrNO2S. The molecule has 1 atom stereocenters. The van der Waals surface area contributed by atoms with Crippen LogP contribution in [0.4, 0.5) is 0 Å². The first kappa shape index (κ1) is 12.5. The van der Waals surface area contributed by atoms with Gasteiger partial charge in [-0.1, -0.05) is 0 Å². The van der Waals surface area contributed by atoms with Gasteiger partial charge in [0.2, 0.25) is 0 Å². The molecule has 0 bridgehead atoms. The van der Waals surface area contributed by atoms with Crippen LogP contribution in [0, 0.1) is 6.92 Å². The van der Waals surface area contributed by atoms with Crippen molar-refractivity contribution in [3.05, 3.63) is 20.3 Å². The third kappa shape index (κ3) is 3.53. The van der Waals surface area contributed by atoms with Gasteiger partial charge < -0.3 is 14.8 Å². The molecule has 1 aliphatic rings. The lowest BCUT2D eigenvalue weighted by atomic mass is 10.3. The Morgan fingerprint density at radius 3 is 3.06 bits per heavy atom. The molecule has 3 nitrogen and oxygen atoms in total. The van der Waals surface area contributed by atoms with Gasteiger partial charge in [0.1, 0.15) is 0 Å². The van der Waals surface area contributed by atoms with Crippen LogP contribution in [0.25, 0.3) is 0 Å². The molecule has 1 aromatic heterocycles. The molecule has 16 heavy (non-hydrogen) atoms. The van der Waals surface area contributed by atoms with Crippen LogP contribution in [0.2, 0.25) is 0 Å². The van der Waals surface area contributed by atoms with Gasteiger partial charge in [-0.05, 0) is 28.9 Å². The predicted molar refractivity (Wildman–Crippen MR) is 69.0 cm³/mol. The van der Waals surface area contributed by atoms with Gasteiger partial charge in [-0.25, -0.2) is 0 Å². The average molecular weight is 306 g/mol. The van der Waals surface area contributed by atoms with E-state index in [0.717, 1.165) is 26.3 Å². The van der Waals surface area contributed by atoms with E-state index >= 15 is 0 Å². The molecule has 1 aliphatic heterocycles. The second-order valence-corrected chi connectivity index (χ2v) is 6.01. The van der Waals surface area contributed by atoms with E-state index in [1.54, 1.807) is 0 Å². The fourth-order valence-electron chi connectivity index (χ4n) is 1.62. The van der Waals surface area contributed by atoms with Gasteiger partial charge in [0.25, 0.3) is 0 Å². The summed E-state index contributed by atoms with van der Waals surface area (Å²) in [6.07, 6.45) is 0.207. The van der Waals surface area contributed by atoms with Gasteiger partial charge in [0.15, 0.2) is 0 Å². The van der Waals surface area contributed by atoms with Crippen molar-refractivity contribution < 1.29 is 9.47 Å². The van der Waals surface area contributed by atoms with Crippen LogP contribution in [-0.2, 0) is 16.0 Å². The lowest BCUT2D eigenvalue weighted by Gasteiger charge is -2.22. The third-order valence-electron chi connectivity index (χ3n) is 2.46. The summed E-state index contributed by atoms with van der Waals surface area (Å²) in [6.45, 7) is 6.03. The Morgan fingerprint density at radius 1 is 1.56 bits per heavy atom. The molecular weight excluding hydrogens is 290 g/mol. The van der Waals surface area contributed by atoms with Crippen LogP contribution >= 0.6 is 27.3 Å². The van der Waals surface area contributed by atoms with Crippen molar-refractivity contribution in [2.75, 3.05) is 26.4 Å². The lowest BCUT2D eigenvalue weighted by Crippen LogP contribution is -2.37. The summed E-state index contributed by atoms with van der Waals surface area (Å²) in [5.41, 5.74) is 0. The first-order valence-corrected chi connectivity index (χ1v) is 7.01. The molecule has 1 fully saturated rings. The van der Waals surface area contributed by atoms with Crippen LogP contribution in [0.1, 0.15) is 9.75 Å². The van der Waals surface area contributed by atoms with Crippen molar-refractivity contribution in [1.29, 1.82) is 0 Å². The van der Waals surface area contributed by atoms with Crippen molar-refractivity contribution in [1.82, 2.24) is 5.32 Å². The molecule has 0 aromatic carbocycles. The van der Waals surface area contributed by atoms with Crippen molar-refractivity contribution in [3.8, 4) is 0 Å². The normalized spacial score (nSPS) is 21.2. The summed E-state index contributed by atoms with van der Waals surface area (Å²) in [5, 5.41) is 3.40. The molecule has 1 aromatic rings. The molecule has 0 spiro atoms. The van der Waals surface area contributed by atoms with E-state index in [1.807, 2.05) is 11.3 Å². The summed E-state index contributed by atoms with van der Waals surface area (Å²) in [6, 6.07) is 2.17. The van der Waals surface area contributed by atoms with Crippen molar-refractivity contribution in [3.63, 3.8) is 0 Å². The minimum atomic E-state index is 0.207. The van der Waals surface area contributed by atoms with Gasteiger partial charge in [0, 0.05) is 27.3 Å². The van der Waals surface area contributed by atoms with E-state index in [-0.39, 0.29) is 6.10 Å². The first-order chi connectivity index (χ1) is 7.75. The fourth-order valence-corrected chi connectivity index (χ4v) is 3.19. The Labute approximate surface area is 108 Å². The number of hydrogen-bond acceptors (Lipinski definition) is 4. The highest BCUT2D eigenvalue weighted by molar-refractivity contribution is 9.10. The molecule has 1 saturated heterocycles. The molecule has 0 radical (unpaired) electrons. The second-order valence-electron chi connectivity index (χ2n) is 3.82. The molecule has 2 heterocycles.